The number of hydrogen-bond acceptors (Lipinski definition) is 6. The Labute approximate surface area is 153 Å². The highest BCUT2D eigenvalue weighted by atomic mass is 16.5. The van der Waals surface area contributed by atoms with Crippen molar-refractivity contribution in [3.63, 3.8) is 0 Å². The zero-order chi connectivity index (χ0) is 18.7. The lowest BCUT2D eigenvalue weighted by Gasteiger charge is -2.17. The molecule has 3 rings (SSSR count). The highest BCUT2D eigenvalue weighted by Crippen LogP contribution is 2.28. The predicted molar refractivity (Wildman–Crippen MR) is 101 cm³/mol. The largest absolute Gasteiger partial charge is 0.273 e. The van der Waals surface area contributed by atoms with Crippen LogP contribution < -0.4 is 10.6 Å². The van der Waals surface area contributed by atoms with Gasteiger partial charge in [-0.2, -0.15) is 10.4 Å². The third-order valence-electron chi connectivity index (χ3n) is 4.58. The van der Waals surface area contributed by atoms with Gasteiger partial charge in [0.2, 0.25) is 0 Å². The molecule has 2 aromatic rings. The molecule has 1 aliphatic carbocycles. The molecule has 0 unspecified atom stereocenters. The van der Waals surface area contributed by atoms with E-state index in [9.17, 15) is 10.5 Å². The number of aromatic nitrogens is 2. The SMILES string of the molecule is C/C(=C(/C#N)c1ccc(C)cc1C)c1ncc(N(O)NCC2CC2)cn1. The molecule has 1 fully saturated rings. The summed E-state index contributed by atoms with van der Waals surface area (Å²) in [6.45, 7) is 6.60. The van der Waals surface area contributed by atoms with Gasteiger partial charge in [-0.15, -0.1) is 0 Å². The summed E-state index contributed by atoms with van der Waals surface area (Å²) in [5, 5.41) is 20.6. The molecule has 6 heteroatoms. The smallest absolute Gasteiger partial charge is 0.156 e. The molecule has 0 spiro atoms. The van der Waals surface area contributed by atoms with Gasteiger partial charge >= 0.3 is 0 Å². The topological polar surface area (TPSA) is 85.1 Å². The summed E-state index contributed by atoms with van der Waals surface area (Å²) in [7, 11) is 0. The van der Waals surface area contributed by atoms with Gasteiger partial charge in [-0.25, -0.2) is 15.4 Å². The van der Waals surface area contributed by atoms with Crippen molar-refractivity contribution in [3.8, 4) is 6.07 Å². The molecule has 0 aliphatic heterocycles. The van der Waals surface area contributed by atoms with Gasteiger partial charge in [0.15, 0.2) is 5.82 Å². The number of anilines is 1. The number of rotatable bonds is 6. The average Bonchev–Trinajstić information content (AvgIpc) is 3.46. The number of nitrogens with zero attached hydrogens (tertiary/aromatic N) is 4. The van der Waals surface area contributed by atoms with Crippen LogP contribution in [0, 0.1) is 31.1 Å². The normalized spacial score (nSPS) is 14.6. The van der Waals surface area contributed by atoms with E-state index in [0.29, 0.717) is 28.6 Å². The van der Waals surface area contributed by atoms with Crippen molar-refractivity contribution in [2.45, 2.75) is 33.6 Å². The number of aryl methyl sites for hydroxylation is 2. The van der Waals surface area contributed by atoms with Gasteiger partial charge in [0.1, 0.15) is 11.8 Å². The molecule has 0 atom stereocenters. The highest BCUT2D eigenvalue weighted by Gasteiger charge is 2.21. The van der Waals surface area contributed by atoms with E-state index in [-0.39, 0.29) is 0 Å². The van der Waals surface area contributed by atoms with Crippen LogP contribution in [0.4, 0.5) is 5.69 Å². The van der Waals surface area contributed by atoms with E-state index in [2.05, 4.69) is 27.5 Å². The fraction of sp³-hybridized carbons (Fsp3) is 0.350. The first-order valence-corrected chi connectivity index (χ1v) is 8.73. The summed E-state index contributed by atoms with van der Waals surface area (Å²) in [5.74, 6) is 1.12. The zero-order valence-electron chi connectivity index (χ0n) is 15.3. The van der Waals surface area contributed by atoms with Crippen LogP contribution in [0.15, 0.2) is 30.6 Å². The van der Waals surface area contributed by atoms with E-state index in [4.69, 9.17) is 0 Å². The van der Waals surface area contributed by atoms with Gasteiger partial charge in [-0.3, -0.25) is 5.21 Å². The van der Waals surface area contributed by atoms with Crippen LogP contribution in [0.1, 0.15) is 42.3 Å². The van der Waals surface area contributed by atoms with Gasteiger partial charge in [-0.1, -0.05) is 23.8 Å². The third kappa shape index (κ3) is 4.07. The maximum absolute atomic E-state index is 10.0. The van der Waals surface area contributed by atoms with Crippen LogP contribution >= 0.6 is 0 Å². The minimum Gasteiger partial charge on any atom is -0.273 e. The molecular formula is C20H23N5O. The van der Waals surface area contributed by atoms with Crippen molar-refractivity contribution in [2.75, 3.05) is 11.7 Å². The second kappa shape index (κ2) is 7.65. The lowest BCUT2D eigenvalue weighted by atomic mass is 9.96. The van der Waals surface area contributed by atoms with E-state index in [1.165, 1.54) is 12.8 Å². The van der Waals surface area contributed by atoms with Gasteiger partial charge < -0.3 is 0 Å². The van der Waals surface area contributed by atoms with Crippen molar-refractivity contribution in [2.24, 2.45) is 5.92 Å². The van der Waals surface area contributed by atoms with Crippen LogP contribution in [0.25, 0.3) is 11.1 Å². The minimum atomic E-state index is 0.465. The van der Waals surface area contributed by atoms with E-state index in [0.717, 1.165) is 28.4 Å². The van der Waals surface area contributed by atoms with Gasteiger partial charge in [0.05, 0.1) is 18.0 Å². The monoisotopic (exact) mass is 349 g/mol. The molecule has 0 radical (unpaired) electrons. The zero-order valence-corrected chi connectivity index (χ0v) is 15.3. The van der Waals surface area contributed by atoms with Gasteiger partial charge in [0.25, 0.3) is 0 Å². The molecule has 1 saturated carbocycles. The fourth-order valence-corrected chi connectivity index (χ4v) is 2.81. The van der Waals surface area contributed by atoms with E-state index < -0.39 is 0 Å². The summed E-state index contributed by atoms with van der Waals surface area (Å²) in [5.41, 5.74) is 7.75. The first kappa shape index (κ1) is 18.1. The van der Waals surface area contributed by atoms with Crippen molar-refractivity contribution in [1.82, 2.24) is 15.4 Å². The van der Waals surface area contributed by atoms with Crippen LogP contribution in [0.3, 0.4) is 0 Å². The first-order valence-electron chi connectivity index (χ1n) is 8.73. The summed E-state index contributed by atoms with van der Waals surface area (Å²) < 4.78 is 0. The molecule has 134 valence electrons. The number of hydrazine groups is 1. The first-order chi connectivity index (χ1) is 12.5. The van der Waals surface area contributed by atoms with Gasteiger partial charge in [0, 0.05) is 12.1 Å². The summed E-state index contributed by atoms with van der Waals surface area (Å²) in [4.78, 5) is 8.64. The molecule has 0 saturated heterocycles. The Morgan fingerprint density at radius 2 is 2.00 bits per heavy atom. The van der Waals surface area contributed by atoms with Crippen molar-refractivity contribution >= 4 is 16.8 Å². The van der Waals surface area contributed by atoms with Gasteiger partial charge in [-0.05, 0) is 50.7 Å². The molecule has 1 aliphatic rings. The van der Waals surface area contributed by atoms with Crippen LogP contribution in [0.2, 0.25) is 0 Å². The number of allylic oxidation sites excluding steroid dienone is 2. The highest BCUT2D eigenvalue weighted by molar-refractivity contribution is 5.96. The molecular weight excluding hydrogens is 326 g/mol. The van der Waals surface area contributed by atoms with Crippen molar-refractivity contribution in [1.29, 1.82) is 5.26 Å². The Morgan fingerprint density at radius 3 is 2.58 bits per heavy atom. The Bertz CT molecular complexity index is 863. The standard InChI is InChI=1S/C20H23N5O/c1-13-4-7-18(14(2)8-13)19(9-21)15(3)20-22-11-17(12-23-20)25(26)24-10-16-5-6-16/h4,7-8,11-12,16,24,26H,5-6,10H2,1-3H3/b19-15+. The quantitative estimate of drug-likeness (QED) is 0.611. The third-order valence-corrected chi connectivity index (χ3v) is 4.58. The Hall–Kier alpha value is -2.75. The molecule has 2 N–H and O–H groups in total. The molecule has 1 aromatic heterocycles. The van der Waals surface area contributed by atoms with E-state index >= 15 is 0 Å². The molecule has 26 heavy (non-hydrogen) atoms. The average molecular weight is 349 g/mol. The Morgan fingerprint density at radius 1 is 1.31 bits per heavy atom. The van der Waals surface area contributed by atoms with Crippen LogP contribution in [-0.4, -0.2) is 21.7 Å². The predicted octanol–water partition coefficient (Wildman–Crippen LogP) is 3.66. The maximum Gasteiger partial charge on any atom is 0.156 e. The summed E-state index contributed by atoms with van der Waals surface area (Å²) in [6.07, 6.45) is 5.50. The van der Waals surface area contributed by atoms with Crippen molar-refractivity contribution < 1.29 is 5.21 Å². The number of nitrogens with one attached hydrogen (secondary N) is 1. The summed E-state index contributed by atoms with van der Waals surface area (Å²) >= 11 is 0. The molecule has 1 heterocycles. The molecule has 0 bridgehead atoms. The number of nitriles is 1. The molecule has 1 aromatic carbocycles. The Kier molecular flexibility index (Phi) is 5.31. The lowest BCUT2D eigenvalue weighted by molar-refractivity contribution is 0.208. The van der Waals surface area contributed by atoms with E-state index in [1.54, 1.807) is 12.4 Å². The number of benzene rings is 1. The van der Waals surface area contributed by atoms with E-state index in [1.807, 2.05) is 32.9 Å². The van der Waals surface area contributed by atoms with Crippen LogP contribution in [-0.2, 0) is 0 Å². The van der Waals surface area contributed by atoms with Crippen molar-refractivity contribution in [3.05, 3.63) is 53.1 Å². The lowest BCUT2D eigenvalue weighted by Crippen LogP contribution is -2.36. The molecule has 0 amide bonds. The number of hydrogen-bond donors (Lipinski definition) is 2. The summed E-state index contributed by atoms with van der Waals surface area (Å²) in [6, 6.07) is 8.28. The Balaban J connectivity index is 1.83. The van der Waals surface area contributed by atoms with Crippen LogP contribution in [0.5, 0.6) is 0 Å². The minimum absolute atomic E-state index is 0.465. The second-order valence-corrected chi connectivity index (χ2v) is 6.81. The fourth-order valence-electron chi connectivity index (χ4n) is 2.81. The maximum atomic E-state index is 10.0. The molecule has 6 nitrogen and oxygen atoms in total. The second-order valence-electron chi connectivity index (χ2n) is 6.81.